The first-order valence-corrected chi connectivity index (χ1v) is 9.82. The van der Waals surface area contributed by atoms with E-state index in [9.17, 15) is 41.0 Å². The second-order valence-corrected chi connectivity index (χ2v) is 7.43. The lowest BCUT2D eigenvalue weighted by molar-refractivity contribution is -0.143. The molecule has 0 saturated carbocycles. The number of carbonyl (C=O) groups is 2. The number of carboxylic acid groups (broad SMARTS) is 1. The Morgan fingerprint density at radius 2 is 1.26 bits per heavy atom. The van der Waals surface area contributed by atoms with Crippen molar-refractivity contribution in [2.75, 3.05) is 0 Å². The molecule has 0 bridgehead atoms. The summed E-state index contributed by atoms with van der Waals surface area (Å²) < 4.78 is 78.2. The van der Waals surface area contributed by atoms with Crippen LogP contribution in [0.25, 0.3) is 11.1 Å². The van der Waals surface area contributed by atoms with Crippen LogP contribution in [0.1, 0.15) is 27.0 Å². The fraction of sp³-hybridized carbons (Fsp3) is 0.167. The van der Waals surface area contributed by atoms with Crippen LogP contribution < -0.4 is 5.32 Å². The first kappa shape index (κ1) is 24.8. The highest BCUT2D eigenvalue weighted by Gasteiger charge is 2.37. The van der Waals surface area contributed by atoms with Gasteiger partial charge in [-0.1, -0.05) is 54.6 Å². The Balaban J connectivity index is 1.82. The minimum Gasteiger partial charge on any atom is -0.480 e. The molecule has 10 heteroatoms. The number of halogens is 6. The summed E-state index contributed by atoms with van der Waals surface area (Å²) in [5.41, 5.74) is -2.03. The summed E-state index contributed by atoms with van der Waals surface area (Å²) >= 11 is 0. The zero-order chi connectivity index (χ0) is 25.1. The first-order valence-electron chi connectivity index (χ1n) is 9.82. The van der Waals surface area contributed by atoms with Crippen LogP contribution in [0.5, 0.6) is 0 Å². The predicted molar refractivity (Wildman–Crippen MR) is 111 cm³/mol. The maximum atomic E-state index is 13.0. The molecular formula is C24H17F6NO3. The fourth-order valence-corrected chi connectivity index (χ4v) is 3.23. The van der Waals surface area contributed by atoms with Gasteiger partial charge in [0.1, 0.15) is 6.04 Å². The molecule has 0 fully saturated rings. The summed E-state index contributed by atoms with van der Waals surface area (Å²) in [6.45, 7) is 0. The van der Waals surface area contributed by atoms with Gasteiger partial charge >= 0.3 is 18.3 Å². The molecule has 0 unspecified atom stereocenters. The van der Waals surface area contributed by atoms with Gasteiger partial charge in [0, 0.05) is 12.0 Å². The van der Waals surface area contributed by atoms with E-state index >= 15 is 0 Å². The van der Waals surface area contributed by atoms with Crippen molar-refractivity contribution in [3.8, 4) is 11.1 Å². The van der Waals surface area contributed by atoms with Crippen molar-refractivity contribution in [2.24, 2.45) is 0 Å². The van der Waals surface area contributed by atoms with E-state index in [2.05, 4.69) is 0 Å². The molecule has 0 heterocycles. The van der Waals surface area contributed by atoms with Gasteiger partial charge in [0.25, 0.3) is 5.91 Å². The highest BCUT2D eigenvalue weighted by molar-refractivity contribution is 5.97. The predicted octanol–water partition coefficient (Wildman–Crippen LogP) is 5.82. The summed E-state index contributed by atoms with van der Waals surface area (Å²) in [6.07, 6.45) is -10.5. The molecule has 1 amide bonds. The SMILES string of the molecule is O=C(N[C@@H](Cc1ccc(-c2ccccc2)cc1)C(=O)O)c1cc(C(F)(F)F)cc(C(F)(F)F)c1. The third kappa shape index (κ3) is 6.15. The van der Waals surface area contributed by atoms with Gasteiger partial charge in [0.2, 0.25) is 0 Å². The van der Waals surface area contributed by atoms with Crippen molar-refractivity contribution >= 4 is 11.9 Å². The van der Waals surface area contributed by atoms with E-state index < -0.39 is 47.0 Å². The Kier molecular flexibility index (Phi) is 6.99. The van der Waals surface area contributed by atoms with E-state index in [-0.39, 0.29) is 24.6 Å². The van der Waals surface area contributed by atoms with Crippen molar-refractivity contribution in [3.05, 3.63) is 95.1 Å². The van der Waals surface area contributed by atoms with Gasteiger partial charge < -0.3 is 10.4 Å². The maximum absolute atomic E-state index is 13.0. The Bertz CT molecular complexity index is 1140. The smallest absolute Gasteiger partial charge is 0.416 e. The molecule has 4 nitrogen and oxygen atoms in total. The number of carboxylic acids is 1. The van der Waals surface area contributed by atoms with Crippen LogP contribution >= 0.6 is 0 Å². The van der Waals surface area contributed by atoms with Crippen molar-refractivity contribution in [1.29, 1.82) is 0 Å². The molecule has 0 aliphatic carbocycles. The molecular weight excluding hydrogens is 464 g/mol. The number of hydrogen-bond donors (Lipinski definition) is 2. The highest BCUT2D eigenvalue weighted by Crippen LogP contribution is 2.36. The van der Waals surface area contributed by atoms with Gasteiger partial charge in [0.15, 0.2) is 0 Å². The average Bonchev–Trinajstić information content (AvgIpc) is 2.78. The molecule has 3 aromatic rings. The standard InChI is InChI=1S/C24H17F6NO3/c25-23(26,27)18-11-17(12-19(13-18)24(28,29)30)21(32)31-20(22(33)34)10-14-6-8-16(9-7-14)15-4-2-1-3-5-15/h1-9,11-13,20H,10H2,(H,31,32)(H,33,34)/t20-/m0/s1. The topological polar surface area (TPSA) is 66.4 Å². The molecule has 0 saturated heterocycles. The van der Waals surface area contributed by atoms with Crippen molar-refractivity contribution in [2.45, 2.75) is 24.8 Å². The third-order valence-electron chi connectivity index (χ3n) is 4.95. The second kappa shape index (κ2) is 9.58. The van der Waals surface area contributed by atoms with Crippen LogP contribution in [0, 0.1) is 0 Å². The van der Waals surface area contributed by atoms with E-state index in [0.717, 1.165) is 11.1 Å². The number of hydrogen-bond acceptors (Lipinski definition) is 2. The van der Waals surface area contributed by atoms with Gasteiger partial charge in [0.05, 0.1) is 11.1 Å². The highest BCUT2D eigenvalue weighted by atomic mass is 19.4. The monoisotopic (exact) mass is 481 g/mol. The fourth-order valence-electron chi connectivity index (χ4n) is 3.23. The summed E-state index contributed by atoms with van der Waals surface area (Å²) in [5, 5.41) is 11.5. The van der Waals surface area contributed by atoms with Crippen LogP contribution in [0.4, 0.5) is 26.3 Å². The van der Waals surface area contributed by atoms with Gasteiger partial charge in [-0.2, -0.15) is 26.3 Å². The summed E-state index contributed by atoms with van der Waals surface area (Å²) in [4.78, 5) is 24.1. The van der Waals surface area contributed by atoms with Crippen LogP contribution in [-0.2, 0) is 23.6 Å². The third-order valence-corrected chi connectivity index (χ3v) is 4.95. The molecule has 3 rings (SSSR count). The first-order chi connectivity index (χ1) is 15.8. The van der Waals surface area contributed by atoms with E-state index in [1.807, 2.05) is 35.6 Å². The molecule has 3 aromatic carbocycles. The summed E-state index contributed by atoms with van der Waals surface area (Å²) in [7, 11) is 0. The molecule has 1 atom stereocenters. The minimum absolute atomic E-state index is 0.111. The Morgan fingerprint density at radius 3 is 1.74 bits per heavy atom. The molecule has 178 valence electrons. The van der Waals surface area contributed by atoms with Gasteiger partial charge in [-0.3, -0.25) is 4.79 Å². The van der Waals surface area contributed by atoms with E-state index in [1.54, 1.807) is 24.3 Å². The Morgan fingerprint density at radius 1 is 0.765 bits per heavy atom. The van der Waals surface area contributed by atoms with E-state index in [0.29, 0.717) is 5.56 Å². The molecule has 0 spiro atoms. The number of carbonyl (C=O) groups excluding carboxylic acids is 1. The largest absolute Gasteiger partial charge is 0.480 e. The normalized spacial score (nSPS) is 12.8. The zero-order valence-corrected chi connectivity index (χ0v) is 17.2. The van der Waals surface area contributed by atoms with Crippen LogP contribution in [0.2, 0.25) is 0 Å². The summed E-state index contributed by atoms with van der Waals surface area (Å²) in [5.74, 6) is -2.87. The van der Waals surface area contributed by atoms with Crippen LogP contribution in [-0.4, -0.2) is 23.0 Å². The van der Waals surface area contributed by atoms with Crippen molar-refractivity contribution in [1.82, 2.24) is 5.32 Å². The van der Waals surface area contributed by atoms with Crippen molar-refractivity contribution in [3.63, 3.8) is 0 Å². The number of aliphatic carboxylic acids is 1. The lowest BCUT2D eigenvalue weighted by Crippen LogP contribution is -2.42. The Labute approximate surface area is 189 Å². The molecule has 0 aliphatic rings. The van der Waals surface area contributed by atoms with Crippen LogP contribution in [0.15, 0.2) is 72.8 Å². The van der Waals surface area contributed by atoms with Gasteiger partial charge in [-0.25, -0.2) is 4.79 Å². The lowest BCUT2D eigenvalue weighted by Gasteiger charge is -2.17. The number of alkyl halides is 6. The molecule has 2 N–H and O–H groups in total. The number of amides is 1. The maximum Gasteiger partial charge on any atom is 0.416 e. The van der Waals surface area contributed by atoms with Gasteiger partial charge in [-0.15, -0.1) is 0 Å². The number of rotatable bonds is 6. The molecule has 0 radical (unpaired) electrons. The van der Waals surface area contributed by atoms with Crippen molar-refractivity contribution < 1.29 is 41.0 Å². The second-order valence-electron chi connectivity index (χ2n) is 7.43. The molecule has 0 aliphatic heterocycles. The molecule has 0 aromatic heterocycles. The van der Waals surface area contributed by atoms with E-state index in [1.165, 1.54) is 0 Å². The molecule has 34 heavy (non-hydrogen) atoms. The summed E-state index contributed by atoms with van der Waals surface area (Å²) in [6, 6.07) is 14.8. The zero-order valence-electron chi connectivity index (χ0n) is 17.2. The van der Waals surface area contributed by atoms with E-state index in [4.69, 9.17) is 0 Å². The number of nitrogens with one attached hydrogen (secondary N) is 1. The number of benzene rings is 3. The van der Waals surface area contributed by atoms with Crippen LogP contribution in [0.3, 0.4) is 0 Å². The Hall–Kier alpha value is -3.82. The minimum atomic E-state index is -5.14. The quantitative estimate of drug-likeness (QED) is 0.437. The lowest BCUT2D eigenvalue weighted by atomic mass is 10.00. The van der Waals surface area contributed by atoms with Gasteiger partial charge in [-0.05, 0) is 34.9 Å². The average molecular weight is 481 g/mol.